The fourth-order valence-electron chi connectivity index (χ4n) is 3.15. The SMILES string of the molecule is CC.CCCc1cccc(CCc2ccc3ccccc3n2)c1.O=C(O)c1cccs1. The minimum atomic E-state index is -0.847. The maximum absolute atomic E-state index is 10.1. The van der Waals surface area contributed by atoms with Crippen LogP contribution >= 0.6 is 11.3 Å². The highest BCUT2D eigenvalue weighted by molar-refractivity contribution is 7.11. The predicted molar refractivity (Wildman–Crippen MR) is 132 cm³/mol. The van der Waals surface area contributed by atoms with Crippen molar-refractivity contribution in [2.75, 3.05) is 0 Å². The van der Waals surface area contributed by atoms with E-state index in [0.717, 1.165) is 18.4 Å². The summed E-state index contributed by atoms with van der Waals surface area (Å²) in [6, 6.07) is 24.9. The van der Waals surface area contributed by atoms with Gasteiger partial charge in [0.25, 0.3) is 0 Å². The van der Waals surface area contributed by atoms with Crippen molar-refractivity contribution in [3.63, 3.8) is 0 Å². The number of aryl methyl sites for hydroxylation is 3. The van der Waals surface area contributed by atoms with E-state index in [1.54, 1.807) is 17.5 Å². The standard InChI is InChI=1S/C20H21N.C5H4O2S.C2H6/c1-2-6-16-7-5-8-17(15-16)11-13-19-14-12-18-9-3-4-10-20(18)21-19;6-5(7)4-2-1-3-8-4;1-2/h3-5,7-10,12,14-15H,2,6,11,13H2,1H3;1-3H,(H,6,7);1-2H3. The van der Waals surface area contributed by atoms with Gasteiger partial charge in [0, 0.05) is 11.1 Å². The molecule has 4 heteroatoms. The number of para-hydroxylation sites is 1. The second-order valence-electron chi connectivity index (χ2n) is 6.85. The molecule has 0 aliphatic carbocycles. The minimum absolute atomic E-state index is 0.394. The third-order valence-electron chi connectivity index (χ3n) is 4.59. The first-order valence-corrected chi connectivity index (χ1v) is 11.7. The molecule has 2 aromatic heterocycles. The van der Waals surface area contributed by atoms with Crippen molar-refractivity contribution in [2.45, 2.75) is 46.5 Å². The van der Waals surface area contributed by atoms with E-state index >= 15 is 0 Å². The molecule has 4 aromatic rings. The first kappa shape index (κ1) is 24.3. The Morgan fingerprint density at radius 1 is 0.871 bits per heavy atom. The van der Waals surface area contributed by atoms with Crippen LogP contribution in [0.4, 0.5) is 0 Å². The Labute approximate surface area is 189 Å². The predicted octanol–water partition coefficient (Wildman–Crippen LogP) is 7.45. The third-order valence-corrected chi connectivity index (χ3v) is 5.45. The Kier molecular flexibility index (Phi) is 10.5. The minimum Gasteiger partial charge on any atom is -0.477 e. The summed E-state index contributed by atoms with van der Waals surface area (Å²) in [6.07, 6.45) is 4.43. The van der Waals surface area contributed by atoms with Gasteiger partial charge in [0.1, 0.15) is 4.88 Å². The van der Waals surface area contributed by atoms with Crippen molar-refractivity contribution in [2.24, 2.45) is 0 Å². The topological polar surface area (TPSA) is 50.2 Å². The van der Waals surface area contributed by atoms with Crippen molar-refractivity contribution >= 4 is 28.2 Å². The zero-order valence-corrected chi connectivity index (χ0v) is 19.4. The van der Waals surface area contributed by atoms with Gasteiger partial charge in [-0.1, -0.05) is 81.8 Å². The second-order valence-corrected chi connectivity index (χ2v) is 7.80. The molecule has 0 unspecified atom stereocenters. The number of benzene rings is 2. The van der Waals surface area contributed by atoms with Gasteiger partial charge < -0.3 is 5.11 Å². The number of hydrogen-bond donors (Lipinski definition) is 1. The van der Waals surface area contributed by atoms with Gasteiger partial charge in [0.2, 0.25) is 0 Å². The molecule has 0 spiro atoms. The molecular formula is C27H31NO2S. The van der Waals surface area contributed by atoms with Crippen LogP contribution in [0.15, 0.2) is 78.2 Å². The Morgan fingerprint density at radius 2 is 1.61 bits per heavy atom. The smallest absolute Gasteiger partial charge is 0.345 e. The number of hydrogen-bond acceptors (Lipinski definition) is 3. The molecule has 0 aliphatic heterocycles. The summed E-state index contributed by atoms with van der Waals surface area (Å²) in [5.41, 5.74) is 5.13. The van der Waals surface area contributed by atoms with Gasteiger partial charge in [-0.3, -0.25) is 4.98 Å². The largest absolute Gasteiger partial charge is 0.477 e. The van der Waals surface area contributed by atoms with Crippen LogP contribution in [0.1, 0.15) is 53.7 Å². The van der Waals surface area contributed by atoms with Gasteiger partial charge in [0.05, 0.1) is 5.52 Å². The number of carboxylic acids is 1. The van der Waals surface area contributed by atoms with Gasteiger partial charge in [-0.2, -0.15) is 0 Å². The number of aromatic nitrogens is 1. The first-order chi connectivity index (χ1) is 15.2. The van der Waals surface area contributed by atoms with E-state index in [0.29, 0.717) is 4.88 Å². The van der Waals surface area contributed by atoms with Crippen molar-refractivity contribution in [3.8, 4) is 0 Å². The zero-order chi connectivity index (χ0) is 22.5. The lowest BCUT2D eigenvalue weighted by molar-refractivity contribution is 0.0702. The fourth-order valence-corrected chi connectivity index (χ4v) is 3.71. The van der Waals surface area contributed by atoms with E-state index in [1.165, 1.54) is 46.4 Å². The molecule has 0 amide bonds. The summed E-state index contributed by atoms with van der Waals surface area (Å²) in [4.78, 5) is 15.2. The first-order valence-electron chi connectivity index (χ1n) is 10.8. The quantitative estimate of drug-likeness (QED) is 0.344. The summed E-state index contributed by atoms with van der Waals surface area (Å²) in [6.45, 7) is 6.23. The number of aromatic carboxylic acids is 1. The van der Waals surface area contributed by atoms with Crippen LogP contribution < -0.4 is 0 Å². The van der Waals surface area contributed by atoms with Crippen LogP contribution in [0.5, 0.6) is 0 Å². The molecule has 31 heavy (non-hydrogen) atoms. The number of carbonyl (C=O) groups is 1. The van der Waals surface area contributed by atoms with Crippen LogP contribution in [0.3, 0.4) is 0 Å². The average molecular weight is 434 g/mol. The molecule has 4 rings (SSSR count). The van der Waals surface area contributed by atoms with E-state index < -0.39 is 5.97 Å². The van der Waals surface area contributed by atoms with Gasteiger partial charge in [-0.05, 0) is 54.0 Å². The number of thiophene rings is 1. The second kappa shape index (κ2) is 13.3. The lowest BCUT2D eigenvalue weighted by Gasteiger charge is -2.05. The number of pyridine rings is 1. The molecule has 0 radical (unpaired) electrons. The molecule has 2 heterocycles. The molecular weight excluding hydrogens is 402 g/mol. The summed E-state index contributed by atoms with van der Waals surface area (Å²) in [5, 5.41) is 11.2. The lowest BCUT2D eigenvalue weighted by Crippen LogP contribution is -1.96. The number of nitrogens with zero attached hydrogens (tertiary/aromatic N) is 1. The molecule has 0 bridgehead atoms. The van der Waals surface area contributed by atoms with E-state index in [4.69, 9.17) is 10.1 Å². The lowest BCUT2D eigenvalue weighted by atomic mass is 10.0. The Hall–Kier alpha value is -2.98. The van der Waals surface area contributed by atoms with Gasteiger partial charge in [0.15, 0.2) is 0 Å². The highest BCUT2D eigenvalue weighted by Gasteiger charge is 2.01. The molecule has 0 aliphatic rings. The highest BCUT2D eigenvalue weighted by Crippen LogP contribution is 2.14. The van der Waals surface area contributed by atoms with Gasteiger partial charge >= 0.3 is 5.97 Å². The average Bonchev–Trinajstić information content (AvgIpc) is 3.35. The summed E-state index contributed by atoms with van der Waals surface area (Å²) in [5.74, 6) is -0.847. The number of fused-ring (bicyclic) bond motifs is 1. The molecule has 1 N–H and O–H groups in total. The van der Waals surface area contributed by atoms with Gasteiger partial charge in [-0.25, -0.2) is 4.79 Å². The van der Waals surface area contributed by atoms with E-state index in [-0.39, 0.29) is 0 Å². The van der Waals surface area contributed by atoms with E-state index in [2.05, 4.69) is 61.5 Å². The molecule has 2 aromatic carbocycles. The Morgan fingerprint density at radius 3 is 2.26 bits per heavy atom. The number of carboxylic acid groups (broad SMARTS) is 1. The van der Waals surface area contributed by atoms with Crippen molar-refractivity contribution in [3.05, 3.63) is 99.9 Å². The van der Waals surface area contributed by atoms with E-state index in [9.17, 15) is 4.79 Å². The van der Waals surface area contributed by atoms with Crippen LogP contribution in [0.2, 0.25) is 0 Å². The van der Waals surface area contributed by atoms with E-state index in [1.807, 2.05) is 19.9 Å². The maximum Gasteiger partial charge on any atom is 0.345 e. The summed E-state index contributed by atoms with van der Waals surface area (Å²) in [7, 11) is 0. The van der Waals surface area contributed by atoms with Crippen LogP contribution in [-0.4, -0.2) is 16.1 Å². The van der Waals surface area contributed by atoms with Crippen LogP contribution in [0, 0.1) is 0 Å². The number of rotatable bonds is 6. The van der Waals surface area contributed by atoms with Crippen molar-refractivity contribution < 1.29 is 9.90 Å². The molecule has 0 fully saturated rings. The molecule has 162 valence electrons. The molecule has 0 atom stereocenters. The molecule has 3 nitrogen and oxygen atoms in total. The van der Waals surface area contributed by atoms with Crippen LogP contribution in [0.25, 0.3) is 10.9 Å². The summed E-state index contributed by atoms with van der Waals surface area (Å²) < 4.78 is 0. The fraction of sp³-hybridized carbons (Fsp3) is 0.259. The third kappa shape index (κ3) is 7.99. The Balaban J connectivity index is 0.000000286. The van der Waals surface area contributed by atoms with Crippen molar-refractivity contribution in [1.82, 2.24) is 4.98 Å². The maximum atomic E-state index is 10.1. The Bertz CT molecular complexity index is 1060. The van der Waals surface area contributed by atoms with Crippen molar-refractivity contribution in [1.29, 1.82) is 0 Å². The monoisotopic (exact) mass is 433 g/mol. The summed E-state index contributed by atoms with van der Waals surface area (Å²) >= 11 is 1.23. The molecule has 0 saturated carbocycles. The van der Waals surface area contributed by atoms with Gasteiger partial charge in [-0.15, -0.1) is 11.3 Å². The molecule has 0 saturated heterocycles. The highest BCUT2D eigenvalue weighted by atomic mass is 32.1. The van der Waals surface area contributed by atoms with Crippen LogP contribution in [-0.2, 0) is 19.3 Å². The normalized spacial score (nSPS) is 9.90. The zero-order valence-electron chi connectivity index (χ0n) is 18.5.